The topological polar surface area (TPSA) is 114 Å². The molecule has 7 nitrogen and oxygen atoms in total. The number of carbonyl (C=O) groups excluding carboxylic acids is 2. The molecule has 0 aliphatic heterocycles. The van der Waals surface area contributed by atoms with Crippen LogP contribution in [0.15, 0.2) is 58.0 Å². The fourth-order valence-electron chi connectivity index (χ4n) is 3.18. The van der Waals surface area contributed by atoms with Gasteiger partial charge < -0.3 is 21.0 Å². The van der Waals surface area contributed by atoms with Gasteiger partial charge in [0, 0.05) is 5.92 Å². The van der Waals surface area contributed by atoms with E-state index >= 15 is 0 Å². The summed E-state index contributed by atoms with van der Waals surface area (Å²) in [6.07, 6.45) is 1.67. The van der Waals surface area contributed by atoms with Crippen LogP contribution in [0.4, 0.5) is 0 Å². The largest absolute Gasteiger partial charge is 0.427 e. The number of allylic oxidation sites excluding steroid dienone is 3. The third kappa shape index (κ3) is 4.11. The molecule has 0 saturated heterocycles. The normalized spacial score (nSPS) is 18.8. The number of nitrogens with zero attached hydrogens (tertiary/aromatic N) is 1. The van der Waals surface area contributed by atoms with Crippen LogP contribution in [-0.4, -0.2) is 23.3 Å². The van der Waals surface area contributed by atoms with Crippen LogP contribution in [-0.2, 0) is 9.59 Å². The van der Waals surface area contributed by atoms with Crippen molar-refractivity contribution in [2.45, 2.75) is 33.1 Å². The molecule has 2 rings (SSSR count). The first-order valence-corrected chi connectivity index (χ1v) is 8.43. The fraction of sp³-hybridized carbons (Fsp3) is 0.316. The van der Waals surface area contributed by atoms with Crippen LogP contribution >= 0.6 is 0 Å². The van der Waals surface area contributed by atoms with Crippen LogP contribution in [0.25, 0.3) is 0 Å². The second-order valence-electron chi connectivity index (χ2n) is 5.90. The quantitative estimate of drug-likeness (QED) is 0.228. The summed E-state index contributed by atoms with van der Waals surface area (Å²) in [5.41, 5.74) is 8.70. The molecule has 1 aliphatic carbocycles. The average molecular weight is 357 g/mol. The Kier molecular flexibility index (Phi) is 6.54. The number of oxime groups is 1. The summed E-state index contributed by atoms with van der Waals surface area (Å²) >= 11 is 0. The number of nitrogens with two attached hydrogens (primary N) is 1. The Labute approximate surface area is 152 Å². The summed E-state index contributed by atoms with van der Waals surface area (Å²) < 4.78 is 5.30. The lowest BCUT2D eigenvalue weighted by Crippen LogP contribution is -2.33. The highest BCUT2D eigenvalue weighted by atomic mass is 16.5. The molecular weight excluding hydrogens is 334 g/mol. The Hall–Kier alpha value is -3.09. The van der Waals surface area contributed by atoms with E-state index in [1.165, 1.54) is 0 Å². The maximum Gasteiger partial charge on any atom is 0.311 e. The summed E-state index contributed by atoms with van der Waals surface area (Å²) in [4.78, 5) is 23.2. The molecule has 1 aliphatic rings. The van der Waals surface area contributed by atoms with Crippen LogP contribution in [0.5, 0.6) is 5.75 Å². The van der Waals surface area contributed by atoms with Crippen molar-refractivity contribution in [2.75, 3.05) is 0 Å². The molecule has 1 aromatic rings. The van der Waals surface area contributed by atoms with Crippen molar-refractivity contribution >= 4 is 18.1 Å². The van der Waals surface area contributed by atoms with E-state index in [0.717, 1.165) is 11.1 Å². The number of hydrogen-bond acceptors (Lipinski definition) is 6. The van der Waals surface area contributed by atoms with Gasteiger partial charge in [-0.05, 0) is 30.5 Å². The van der Waals surface area contributed by atoms with Gasteiger partial charge in [-0.15, -0.1) is 0 Å². The van der Waals surface area contributed by atoms with Crippen molar-refractivity contribution in [1.29, 1.82) is 0 Å². The van der Waals surface area contributed by atoms with E-state index in [0.29, 0.717) is 36.4 Å². The average Bonchev–Trinajstić information content (AvgIpc) is 2.64. The van der Waals surface area contributed by atoms with Gasteiger partial charge in [0.15, 0.2) is 0 Å². The number of esters is 1. The van der Waals surface area contributed by atoms with Gasteiger partial charge >= 0.3 is 5.97 Å². The lowest BCUT2D eigenvalue weighted by Gasteiger charge is -2.29. The number of carbonyl (C=O) groups is 2. The Morgan fingerprint density at radius 1 is 1.38 bits per heavy atom. The van der Waals surface area contributed by atoms with Crippen LogP contribution in [0.2, 0.25) is 0 Å². The van der Waals surface area contributed by atoms with Gasteiger partial charge in [-0.1, -0.05) is 42.8 Å². The third-order valence-corrected chi connectivity index (χ3v) is 4.41. The molecule has 7 heteroatoms. The molecule has 0 heterocycles. The van der Waals surface area contributed by atoms with E-state index in [1.54, 1.807) is 24.3 Å². The zero-order chi connectivity index (χ0) is 19.1. The SMILES string of the molecule is CCC1=C(CCC(=O)Oc2ccccc2)C(NC=O)=C(N)C(=NO)C1C. The molecule has 0 aromatic heterocycles. The van der Waals surface area contributed by atoms with Crippen molar-refractivity contribution in [1.82, 2.24) is 5.32 Å². The predicted octanol–water partition coefficient (Wildman–Crippen LogP) is 2.48. The molecule has 26 heavy (non-hydrogen) atoms. The lowest BCUT2D eigenvalue weighted by molar-refractivity contribution is -0.134. The Bertz CT molecular complexity index is 766. The van der Waals surface area contributed by atoms with Gasteiger partial charge in [-0.25, -0.2) is 0 Å². The van der Waals surface area contributed by atoms with E-state index in [-0.39, 0.29) is 24.0 Å². The summed E-state index contributed by atoms with van der Waals surface area (Å²) in [5, 5.41) is 15.1. The Morgan fingerprint density at radius 2 is 2.08 bits per heavy atom. The van der Waals surface area contributed by atoms with Gasteiger partial charge in [0.25, 0.3) is 0 Å². The molecule has 0 spiro atoms. The molecule has 1 atom stereocenters. The summed E-state index contributed by atoms with van der Waals surface area (Å²) in [6.45, 7) is 3.84. The number of nitrogens with one attached hydrogen (secondary N) is 1. The molecule has 138 valence electrons. The summed E-state index contributed by atoms with van der Waals surface area (Å²) in [6, 6.07) is 8.82. The predicted molar refractivity (Wildman–Crippen MR) is 97.4 cm³/mol. The van der Waals surface area contributed by atoms with Gasteiger partial charge in [0.05, 0.1) is 17.8 Å². The van der Waals surface area contributed by atoms with E-state index in [4.69, 9.17) is 10.5 Å². The van der Waals surface area contributed by atoms with Crippen molar-refractivity contribution in [3.8, 4) is 5.75 Å². The maximum absolute atomic E-state index is 12.2. The fourth-order valence-corrected chi connectivity index (χ4v) is 3.18. The van der Waals surface area contributed by atoms with Crippen molar-refractivity contribution in [3.63, 3.8) is 0 Å². The van der Waals surface area contributed by atoms with E-state index in [1.807, 2.05) is 19.9 Å². The van der Waals surface area contributed by atoms with Gasteiger partial charge in [-0.2, -0.15) is 0 Å². The highest BCUT2D eigenvalue weighted by Gasteiger charge is 2.30. The van der Waals surface area contributed by atoms with Crippen molar-refractivity contribution in [2.24, 2.45) is 16.8 Å². The van der Waals surface area contributed by atoms with E-state index in [9.17, 15) is 14.8 Å². The Balaban J connectivity index is 2.23. The maximum atomic E-state index is 12.2. The number of benzene rings is 1. The highest BCUT2D eigenvalue weighted by molar-refractivity contribution is 6.05. The third-order valence-electron chi connectivity index (χ3n) is 4.41. The smallest absolute Gasteiger partial charge is 0.311 e. The molecule has 0 bridgehead atoms. The molecule has 1 aromatic carbocycles. The zero-order valence-corrected chi connectivity index (χ0v) is 14.9. The van der Waals surface area contributed by atoms with Crippen LogP contribution in [0.1, 0.15) is 33.1 Å². The first-order valence-electron chi connectivity index (χ1n) is 8.43. The molecule has 0 fully saturated rings. The van der Waals surface area contributed by atoms with Gasteiger partial charge in [0.2, 0.25) is 6.41 Å². The lowest BCUT2D eigenvalue weighted by atomic mass is 9.80. The number of rotatable bonds is 7. The van der Waals surface area contributed by atoms with Crippen molar-refractivity contribution < 1.29 is 19.5 Å². The minimum absolute atomic E-state index is 0.128. The summed E-state index contributed by atoms with van der Waals surface area (Å²) in [5.74, 6) is -0.102. The number of hydrogen-bond donors (Lipinski definition) is 3. The molecular formula is C19H23N3O4. The molecule has 1 unspecified atom stereocenters. The first kappa shape index (κ1) is 19.2. The molecule has 4 N–H and O–H groups in total. The van der Waals surface area contributed by atoms with Crippen molar-refractivity contribution in [3.05, 3.63) is 52.9 Å². The number of para-hydroxylation sites is 1. The molecule has 1 amide bonds. The number of amides is 1. The summed E-state index contributed by atoms with van der Waals surface area (Å²) in [7, 11) is 0. The standard InChI is InChI=1S/C19H23N3O4/c1-3-14-12(2)18(22-25)17(20)19(21-11-23)15(14)9-10-16(24)26-13-7-5-4-6-8-13/h4-8,11-12,25H,3,9-10,20H2,1-2H3,(H,21,23). The minimum Gasteiger partial charge on any atom is -0.427 e. The van der Waals surface area contributed by atoms with Crippen LogP contribution in [0.3, 0.4) is 0 Å². The van der Waals surface area contributed by atoms with Crippen LogP contribution in [0, 0.1) is 5.92 Å². The minimum atomic E-state index is -0.377. The second-order valence-corrected chi connectivity index (χ2v) is 5.90. The Morgan fingerprint density at radius 3 is 2.65 bits per heavy atom. The molecule has 0 saturated carbocycles. The molecule has 0 radical (unpaired) electrons. The number of ether oxygens (including phenoxy) is 1. The highest BCUT2D eigenvalue weighted by Crippen LogP contribution is 2.34. The van der Waals surface area contributed by atoms with E-state index in [2.05, 4.69) is 10.5 Å². The van der Waals surface area contributed by atoms with E-state index < -0.39 is 0 Å². The zero-order valence-electron chi connectivity index (χ0n) is 14.9. The van der Waals surface area contributed by atoms with Gasteiger partial charge in [-0.3, -0.25) is 9.59 Å². The first-order chi connectivity index (χ1) is 12.5. The van der Waals surface area contributed by atoms with Gasteiger partial charge in [0.1, 0.15) is 11.5 Å². The monoisotopic (exact) mass is 357 g/mol. The second kappa shape index (κ2) is 8.84. The van der Waals surface area contributed by atoms with Crippen LogP contribution < -0.4 is 15.8 Å².